The van der Waals surface area contributed by atoms with Gasteiger partial charge in [-0.2, -0.15) is 0 Å². The molecule has 0 aromatic heterocycles. The van der Waals surface area contributed by atoms with Crippen molar-refractivity contribution in [1.82, 2.24) is 5.32 Å². The van der Waals surface area contributed by atoms with Crippen LogP contribution in [0.2, 0.25) is 0 Å². The SMILES string of the molecule is Nc1ccc2c(c1)N(CC(=O)NC1CCCC1)C(=O)/C(=C\c1ccccc1)O2. The number of rotatable bonds is 4. The number of hydrogen-bond acceptors (Lipinski definition) is 4. The van der Waals surface area contributed by atoms with Crippen LogP contribution >= 0.6 is 0 Å². The maximum atomic E-state index is 13.1. The average Bonchev–Trinajstić information content (AvgIpc) is 3.19. The molecule has 6 nitrogen and oxygen atoms in total. The van der Waals surface area contributed by atoms with Gasteiger partial charge in [0.1, 0.15) is 6.54 Å². The highest BCUT2D eigenvalue weighted by molar-refractivity contribution is 6.12. The lowest BCUT2D eigenvalue weighted by atomic mass is 10.1. The van der Waals surface area contributed by atoms with E-state index >= 15 is 0 Å². The molecule has 0 radical (unpaired) electrons. The Hall–Kier alpha value is -3.28. The lowest BCUT2D eigenvalue weighted by Crippen LogP contribution is -2.46. The van der Waals surface area contributed by atoms with Crippen molar-refractivity contribution in [2.75, 3.05) is 17.2 Å². The smallest absolute Gasteiger partial charge is 0.294 e. The molecule has 2 amide bonds. The number of carbonyl (C=O) groups is 2. The summed E-state index contributed by atoms with van der Waals surface area (Å²) in [5, 5.41) is 3.03. The maximum absolute atomic E-state index is 13.1. The second-order valence-corrected chi connectivity index (χ2v) is 7.19. The molecule has 4 rings (SSSR count). The van der Waals surface area contributed by atoms with Gasteiger partial charge in [-0.15, -0.1) is 0 Å². The molecule has 1 saturated carbocycles. The van der Waals surface area contributed by atoms with Gasteiger partial charge in [0.05, 0.1) is 5.69 Å². The topological polar surface area (TPSA) is 84.7 Å². The van der Waals surface area contributed by atoms with E-state index in [9.17, 15) is 9.59 Å². The van der Waals surface area contributed by atoms with Gasteiger partial charge in [0.25, 0.3) is 5.91 Å². The van der Waals surface area contributed by atoms with Crippen molar-refractivity contribution in [3.63, 3.8) is 0 Å². The first-order valence-electron chi connectivity index (χ1n) is 9.55. The van der Waals surface area contributed by atoms with Crippen LogP contribution in [0.5, 0.6) is 5.75 Å². The van der Waals surface area contributed by atoms with Crippen LogP contribution in [0.3, 0.4) is 0 Å². The molecule has 1 heterocycles. The molecule has 2 aromatic rings. The molecule has 28 heavy (non-hydrogen) atoms. The highest BCUT2D eigenvalue weighted by Crippen LogP contribution is 2.37. The Kier molecular flexibility index (Phi) is 5.02. The van der Waals surface area contributed by atoms with Gasteiger partial charge in [0.2, 0.25) is 5.91 Å². The van der Waals surface area contributed by atoms with E-state index < -0.39 is 0 Å². The van der Waals surface area contributed by atoms with E-state index in [-0.39, 0.29) is 30.2 Å². The van der Waals surface area contributed by atoms with E-state index in [2.05, 4.69) is 5.32 Å². The Balaban J connectivity index is 1.62. The van der Waals surface area contributed by atoms with Gasteiger partial charge in [-0.1, -0.05) is 43.2 Å². The zero-order valence-electron chi connectivity index (χ0n) is 15.6. The Morgan fingerprint density at radius 2 is 1.93 bits per heavy atom. The van der Waals surface area contributed by atoms with Gasteiger partial charge >= 0.3 is 0 Å². The summed E-state index contributed by atoms with van der Waals surface area (Å²) in [5.41, 5.74) is 7.77. The number of carbonyl (C=O) groups excluding carboxylic acids is 2. The van der Waals surface area contributed by atoms with Crippen LogP contribution in [0.1, 0.15) is 31.2 Å². The summed E-state index contributed by atoms with van der Waals surface area (Å²) in [6.07, 6.45) is 5.93. The minimum Gasteiger partial charge on any atom is -0.449 e. The molecule has 0 atom stereocenters. The van der Waals surface area contributed by atoms with Gasteiger partial charge in [-0.3, -0.25) is 14.5 Å². The number of nitrogens with one attached hydrogen (secondary N) is 1. The largest absolute Gasteiger partial charge is 0.449 e. The quantitative estimate of drug-likeness (QED) is 0.633. The van der Waals surface area contributed by atoms with E-state index in [1.165, 1.54) is 4.90 Å². The van der Waals surface area contributed by atoms with Gasteiger partial charge in [0, 0.05) is 11.7 Å². The summed E-state index contributed by atoms with van der Waals surface area (Å²) in [4.78, 5) is 27.1. The van der Waals surface area contributed by atoms with Gasteiger partial charge < -0.3 is 15.8 Å². The predicted octanol–water partition coefficient (Wildman–Crippen LogP) is 3.09. The summed E-state index contributed by atoms with van der Waals surface area (Å²) in [7, 11) is 0. The first kappa shape index (κ1) is 18.1. The summed E-state index contributed by atoms with van der Waals surface area (Å²) in [6.45, 7) is -0.0682. The van der Waals surface area contributed by atoms with Crippen LogP contribution in [-0.2, 0) is 9.59 Å². The number of ether oxygens (including phenoxy) is 1. The number of amides is 2. The zero-order valence-corrected chi connectivity index (χ0v) is 15.6. The average molecular weight is 377 g/mol. The molecule has 2 aliphatic rings. The van der Waals surface area contributed by atoms with Crippen LogP contribution in [-0.4, -0.2) is 24.4 Å². The van der Waals surface area contributed by atoms with E-state index in [1.807, 2.05) is 30.3 Å². The highest BCUT2D eigenvalue weighted by atomic mass is 16.5. The van der Waals surface area contributed by atoms with Crippen molar-refractivity contribution in [3.05, 3.63) is 59.9 Å². The van der Waals surface area contributed by atoms with Crippen molar-refractivity contribution < 1.29 is 14.3 Å². The first-order valence-corrected chi connectivity index (χ1v) is 9.55. The van der Waals surface area contributed by atoms with Gasteiger partial charge in [-0.05, 0) is 42.7 Å². The fourth-order valence-corrected chi connectivity index (χ4v) is 3.67. The van der Waals surface area contributed by atoms with Crippen molar-refractivity contribution in [3.8, 4) is 5.75 Å². The summed E-state index contributed by atoms with van der Waals surface area (Å²) >= 11 is 0. The Morgan fingerprint density at radius 3 is 2.68 bits per heavy atom. The van der Waals surface area contributed by atoms with Crippen molar-refractivity contribution in [2.45, 2.75) is 31.7 Å². The van der Waals surface area contributed by atoms with E-state index in [0.717, 1.165) is 31.2 Å². The van der Waals surface area contributed by atoms with E-state index in [4.69, 9.17) is 10.5 Å². The van der Waals surface area contributed by atoms with Crippen molar-refractivity contribution in [2.24, 2.45) is 0 Å². The molecule has 1 aliphatic carbocycles. The van der Waals surface area contributed by atoms with Crippen molar-refractivity contribution >= 4 is 29.3 Å². The second kappa shape index (κ2) is 7.76. The van der Waals surface area contributed by atoms with Gasteiger partial charge in [0.15, 0.2) is 11.5 Å². The number of nitrogens with two attached hydrogens (primary N) is 1. The number of nitrogen functional groups attached to an aromatic ring is 1. The van der Waals surface area contributed by atoms with Crippen LogP contribution in [0.4, 0.5) is 11.4 Å². The fraction of sp³-hybridized carbons (Fsp3) is 0.273. The molecule has 144 valence electrons. The Bertz CT molecular complexity index is 918. The molecular weight excluding hydrogens is 354 g/mol. The molecule has 0 bridgehead atoms. The summed E-state index contributed by atoms with van der Waals surface area (Å²) in [6, 6.07) is 14.8. The third-order valence-corrected chi connectivity index (χ3v) is 5.07. The number of benzene rings is 2. The second-order valence-electron chi connectivity index (χ2n) is 7.19. The molecule has 0 saturated heterocycles. The molecule has 0 unspecified atom stereocenters. The van der Waals surface area contributed by atoms with Crippen LogP contribution in [0.15, 0.2) is 54.3 Å². The molecule has 1 fully saturated rings. The van der Waals surface area contributed by atoms with Crippen molar-refractivity contribution in [1.29, 1.82) is 0 Å². The molecule has 2 aromatic carbocycles. The molecule has 3 N–H and O–H groups in total. The summed E-state index contributed by atoms with van der Waals surface area (Å²) in [5.74, 6) is 0.153. The third kappa shape index (κ3) is 3.86. The van der Waals surface area contributed by atoms with Crippen LogP contribution in [0, 0.1) is 0 Å². The first-order chi connectivity index (χ1) is 13.6. The fourth-order valence-electron chi connectivity index (χ4n) is 3.67. The minimum absolute atomic E-state index is 0.0682. The maximum Gasteiger partial charge on any atom is 0.294 e. The summed E-state index contributed by atoms with van der Waals surface area (Å²) < 4.78 is 5.83. The standard InChI is InChI=1S/C22H23N3O3/c23-16-10-11-19-18(13-16)25(14-21(26)24-17-8-4-5-9-17)22(27)20(28-19)12-15-6-2-1-3-7-15/h1-3,6-7,10-13,17H,4-5,8-9,14,23H2,(H,24,26)/b20-12+. The number of nitrogens with zero attached hydrogens (tertiary/aromatic N) is 1. The predicted molar refractivity (Wildman–Crippen MR) is 109 cm³/mol. The minimum atomic E-state index is -0.358. The molecule has 0 spiro atoms. The molecule has 6 heteroatoms. The zero-order chi connectivity index (χ0) is 19.5. The third-order valence-electron chi connectivity index (χ3n) is 5.07. The lowest BCUT2D eigenvalue weighted by molar-refractivity contribution is -0.123. The Labute approximate surface area is 164 Å². The van der Waals surface area contributed by atoms with Crippen LogP contribution < -0.4 is 20.7 Å². The van der Waals surface area contributed by atoms with Crippen LogP contribution in [0.25, 0.3) is 6.08 Å². The van der Waals surface area contributed by atoms with Gasteiger partial charge in [-0.25, -0.2) is 0 Å². The monoisotopic (exact) mass is 377 g/mol. The number of anilines is 2. The number of fused-ring (bicyclic) bond motifs is 1. The Morgan fingerprint density at radius 1 is 1.18 bits per heavy atom. The normalized spacial score (nSPS) is 18.1. The molecular formula is C22H23N3O3. The lowest BCUT2D eigenvalue weighted by Gasteiger charge is -2.30. The molecule has 1 aliphatic heterocycles. The van der Waals surface area contributed by atoms with E-state index in [0.29, 0.717) is 17.1 Å². The van der Waals surface area contributed by atoms with E-state index in [1.54, 1.807) is 24.3 Å². The number of hydrogen-bond donors (Lipinski definition) is 2. The highest BCUT2D eigenvalue weighted by Gasteiger charge is 2.32.